The molecule has 0 bridgehead atoms. The van der Waals surface area contributed by atoms with Crippen molar-refractivity contribution in [2.24, 2.45) is 5.92 Å². The van der Waals surface area contributed by atoms with E-state index < -0.39 is 0 Å². The molecule has 1 saturated carbocycles. The second-order valence-electron chi connectivity index (χ2n) is 4.95. The van der Waals surface area contributed by atoms with Gasteiger partial charge in [-0.25, -0.2) is 0 Å². The molecule has 1 aliphatic carbocycles. The van der Waals surface area contributed by atoms with Crippen LogP contribution >= 0.6 is 0 Å². The number of aromatic nitrogens is 4. The Morgan fingerprint density at radius 2 is 2.30 bits per heavy atom. The molecule has 1 aliphatic rings. The second kappa shape index (κ2) is 5.38. The van der Waals surface area contributed by atoms with Crippen molar-refractivity contribution in [2.45, 2.75) is 25.0 Å². The first-order chi connectivity index (χ1) is 9.74. The van der Waals surface area contributed by atoms with E-state index in [1.54, 1.807) is 6.20 Å². The lowest BCUT2D eigenvalue weighted by Crippen LogP contribution is -2.41. The van der Waals surface area contributed by atoms with Crippen LogP contribution in [-0.4, -0.2) is 37.5 Å². The van der Waals surface area contributed by atoms with E-state index in [2.05, 4.69) is 25.7 Å². The number of carbonyl (C=O) groups excluding carboxylic acids is 1. The number of nitrogens with one attached hydrogen (secondary N) is 2. The molecule has 1 fully saturated rings. The van der Waals surface area contributed by atoms with E-state index in [0.29, 0.717) is 12.8 Å². The Morgan fingerprint density at radius 3 is 2.90 bits per heavy atom. The molecule has 1 amide bonds. The maximum atomic E-state index is 12.1. The number of hydrogen-bond donors (Lipinski definition) is 3. The minimum absolute atomic E-state index is 0.191. The summed E-state index contributed by atoms with van der Waals surface area (Å²) in [6, 6.07) is 5.37. The van der Waals surface area contributed by atoms with Crippen molar-refractivity contribution in [3.8, 4) is 0 Å². The van der Waals surface area contributed by atoms with Gasteiger partial charge < -0.3 is 10.4 Å². The van der Waals surface area contributed by atoms with Gasteiger partial charge in [-0.2, -0.15) is 15.4 Å². The van der Waals surface area contributed by atoms with Crippen LogP contribution in [0.15, 0.2) is 30.6 Å². The van der Waals surface area contributed by atoms with Crippen LogP contribution < -0.4 is 5.32 Å². The Bertz CT molecular complexity index is 566. The Hall–Kier alpha value is -2.28. The number of nitrogens with zero attached hydrogens (tertiary/aromatic N) is 3. The number of aliphatic hydroxyl groups is 1. The predicted molar refractivity (Wildman–Crippen MR) is 69.6 cm³/mol. The molecule has 1 atom stereocenters. The highest BCUT2D eigenvalue weighted by atomic mass is 16.3. The zero-order chi connectivity index (χ0) is 13.9. The van der Waals surface area contributed by atoms with Crippen molar-refractivity contribution in [3.63, 3.8) is 0 Å². The lowest BCUT2D eigenvalue weighted by Gasteiger charge is -2.37. The highest BCUT2D eigenvalue weighted by Crippen LogP contribution is 2.37. The molecule has 2 aromatic heterocycles. The zero-order valence-corrected chi connectivity index (χ0v) is 10.7. The van der Waals surface area contributed by atoms with Crippen LogP contribution in [0.5, 0.6) is 0 Å². The third kappa shape index (κ3) is 2.53. The van der Waals surface area contributed by atoms with Crippen LogP contribution in [0.2, 0.25) is 0 Å². The molecular weight excluding hydrogens is 258 g/mol. The topological polar surface area (TPSA) is 104 Å². The maximum Gasteiger partial charge on any atom is 0.274 e. The fraction of sp³-hybridized carbons (Fsp3) is 0.385. The van der Waals surface area contributed by atoms with E-state index in [4.69, 9.17) is 0 Å². The molecule has 7 heteroatoms. The summed E-state index contributed by atoms with van der Waals surface area (Å²) in [7, 11) is 0. The van der Waals surface area contributed by atoms with E-state index in [1.807, 2.05) is 18.2 Å². The number of amides is 1. The Labute approximate surface area is 115 Å². The van der Waals surface area contributed by atoms with Crippen LogP contribution in [0, 0.1) is 5.92 Å². The van der Waals surface area contributed by atoms with Gasteiger partial charge in [0.1, 0.15) is 0 Å². The SMILES string of the molecule is O=C(N[C@H](c1ccccn1)C1CC(O)C1)c1cn[nH]n1. The molecule has 0 aromatic carbocycles. The number of H-pyrrole nitrogens is 1. The minimum Gasteiger partial charge on any atom is -0.393 e. The zero-order valence-electron chi connectivity index (χ0n) is 10.7. The molecule has 3 rings (SSSR count). The van der Waals surface area contributed by atoms with Crippen molar-refractivity contribution in [2.75, 3.05) is 0 Å². The van der Waals surface area contributed by atoms with Crippen LogP contribution in [0.25, 0.3) is 0 Å². The summed E-state index contributed by atoms with van der Waals surface area (Å²) in [5.41, 5.74) is 1.03. The van der Waals surface area contributed by atoms with E-state index in [-0.39, 0.29) is 29.7 Å². The largest absolute Gasteiger partial charge is 0.393 e. The lowest BCUT2D eigenvalue weighted by atomic mass is 9.76. The minimum atomic E-state index is -0.296. The first-order valence-corrected chi connectivity index (χ1v) is 6.49. The van der Waals surface area contributed by atoms with Gasteiger partial charge in [0, 0.05) is 6.20 Å². The summed E-state index contributed by atoms with van der Waals surface area (Å²) in [4.78, 5) is 16.4. The summed E-state index contributed by atoms with van der Waals surface area (Å²) in [6.07, 6.45) is 4.12. The molecule has 104 valence electrons. The molecular formula is C13H15N5O2. The van der Waals surface area contributed by atoms with E-state index in [1.165, 1.54) is 6.20 Å². The molecule has 0 saturated heterocycles. The van der Waals surface area contributed by atoms with Gasteiger partial charge in [-0.15, -0.1) is 0 Å². The van der Waals surface area contributed by atoms with Gasteiger partial charge in [0.15, 0.2) is 5.69 Å². The third-order valence-corrected chi connectivity index (χ3v) is 3.56. The van der Waals surface area contributed by atoms with Crippen molar-refractivity contribution in [1.82, 2.24) is 25.7 Å². The van der Waals surface area contributed by atoms with Crippen molar-refractivity contribution in [1.29, 1.82) is 0 Å². The van der Waals surface area contributed by atoms with E-state index >= 15 is 0 Å². The number of hydrogen-bond acceptors (Lipinski definition) is 5. The average Bonchev–Trinajstić information content (AvgIpc) is 2.97. The average molecular weight is 273 g/mol. The molecule has 0 radical (unpaired) electrons. The molecule has 0 spiro atoms. The Morgan fingerprint density at radius 1 is 1.45 bits per heavy atom. The monoisotopic (exact) mass is 273 g/mol. The fourth-order valence-corrected chi connectivity index (χ4v) is 2.42. The number of aromatic amines is 1. The Kier molecular flexibility index (Phi) is 3.42. The standard InChI is InChI=1S/C13H15N5O2/c19-9-5-8(6-9)12(10-3-1-2-4-14-10)16-13(20)11-7-15-18-17-11/h1-4,7-9,12,19H,5-6H2,(H,16,20)(H,15,17,18)/t8?,9?,12-/m0/s1. The van der Waals surface area contributed by atoms with Gasteiger partial charge in [0.25, 0.3) is 5.91 Å². The number of aliphatic hydroxyl groups excluding tert-OH is 1. The van der Waals surface area contributed by atoms with Gasteiger partial charge in [-0.05, 0) is 30.9 Å². The number of rotatable bonds is 4. The number of carbonyl (C=O) groups is 1. The van der Waals surface area contributed by atoms with Gasteiger partial charge in [-0.3, -0.25) is 9.78 Å². The van der Waals surface area contributed by atoms with Crippen molar-refractivity contribution >= 4 is 5.91 Å². The van der Waals surface area contributed by atoms with Crippen molar-refractivity contribution in [3.05, 3.63) is 42.0 Å². The van der Waals surface area contributed by atoms with Gasteiger partial charge in [0.05, 0.1) is 24.0 Å². The quantitative estimate of drug-likeness (QED) is 0.750. The van der Waals surface area contributed by atoms with Crippen molar-refractivity contribution < 1.29 is 9.90 Å². The van der Waals surface area contributed by atoms with Gasteiger partial charge in [-0.1, -0.05) is 6.07 Å². The van der Waals surface area contributed by atoms with E-state index in [9.17, 15) is 9.90 Å². The third-order valence-electron chi connectivity index (χ3n) is 3.56. The van der Waals surface area contributed by atoms with Crippen LogP contribution in [0.4, 0.5) is 0 Å². The van der Waals surface area contributed by atoms with Crippen LogP contribution in [0.3, 0.4) is 0 Å². The summed E-state index contributed by atoms with van der Waals surface area (Å²) >= 11 is 0. The van der Waals surface area contributed by atoms with Crippen LogP contribution in [0.1, 0.15) is 35.1 Å². The van der Waals surface area contributed by atoms with Gasteiger partial charge >= 0.3 is 0 Å². The fourth-order valence-electron chi connectivity index (χ4n) is 2.42. The first-order valence-electron chi connectivity index (χ1n) is 6.49. The molecule has 20 heavy (non-hydrogen) atoms. The normalized spacial score (nSPS) is 22.9. The molecule has 0 unspecified atom stereocenters. The maximum absolute atomic E-state index is 12.1. The molecule has 3 N–H and O–H groups in total. The van der Waals surface area contributed by atoms with Gasteiger partial charge in [0.2, 0.25) is 0 Å². The molecule has 2 aromatic rings. The first kappa shape index (κ1) is 12.7. The molecule has 2 heterocycles. The summed E-state index contributed by atoms with van der Waals surface area (Å²) in [5.74, 6) is -0.105. The Balaban J connectivity index is 1.78. The lowest BCUT2D eigenvalue weighted by molar-refractivity contribution is 0.0227. The highest BCUT2D eigenvalue weighted by Gasteiger charge is 2.36. The van der Waals surface area contributed by atoms with E-state index in [0.717, 1.165) is 5.69 Å². The van der Waals surface area contributed by atoms with Crippen LogP contribution in [-0.2, 0) is 0 Å². The molecule has 0 aliphatic heterocycles. The smallest absolute Gasteiger partial charge is 0.274 e. The summed E-state index contributed by atoms with van der Waals surface area (Å²) in [6.45, 7) is 0. The number of pyridine rings is 1. The predicted octanol–water partition coefficient (Wildman–Crippen LogP) is 0.442. The summed E-state index contributed by atoms with van der Waals surface area (Å²) in [5, 5.41) is 22.2. The molecule has 7 nitrogen and oxygen atoms in total. The highest BCUT2D eigenvalue weighted by molar-refractivity contribution is 5.92. The second-order valence-corrected chi connectivity index (χ2v) is 4.95. The summed E-state index contributed by atoms with van der Waals surface area (Å²) < 4.78 is 0.